The summed E-state index contributed by atoms with van der Waals surface area (Å²) in [6.45, 7) is 0. The van der Waals surface area contributed by atoms with Crippen molar-refractivity contribution in [3.05, 3.63) is 30.5 Å². The van der Waals surface area contributed by atoms with Crippen molar-refractivity contribution < 1.29 is 4.74 Å². The average Bonchev–Trinajstić information content (AvgIpc) is 2.27. The molecule has 2 rings (SSSR count). The first kappa shape index (κ1) is 8.81. The van der Waals surface area contributed by atoms with Crippen molar-refractivity contribution in [3.63, 3.8) is 0 Å². The fourth-order valence-electron chi connectivity index (χ4n) is 1.46. The molecule has 0 unspecified atom stereocenters. The number of aromatic nitrogens is 1. The Labute approximate surface area is 82.7 Å². The summed E-state index contributed by atoms with van der Waals surface area (Å²) in [7, 11) is 3.53. The van der Waals surface area contributed by atoms with Crippen molar-refractivity contribution in [2.24, 2.45) is 0 Å². The summed E-state index contributed by atoms with van der Waals surface area (Å²) < 4.78 is 5.19. The molecule has 14 heavy (non-hydrogen) atoms. The van der Waals surface area contributed by atoms with Crippen LogP contribution in [0, 0.1) is 0 Å². The highest BCUT2D eigenvalue weighted by atomic mass is 16.5. The molecule has 0 fully saturated rings. The van der Waals surface area contributed by atoms with E-state index in [1.807, 2.05) is 31.3 Å². The maximum atomic E-state index is 5.19. The van der Waals surface area contributed by atoms with E-state index >= 15 is 0 Å². The van der Waals surface area contributed by atoms with Gasteiger partial charge in [0, 0.05) is 24.3 Å². The van der Waals surface area contributed by atoms with Gasteiger partial charge in [-0.15, -0.1) is 0 Å². The van der Waals surface area contributed by atoms with Gasteiger partial charge in [-0.05, 0) is 23.6 Å². The van der Waals surface area contributed by atoms with E-state index in [1.165, 1.54) is 0 Å². The highest BCUT2D eigenvalue weighted by Crippen LogP contribution is 2.25. The lowest BCUT2D eigenvalue weighted by Gasteiger charge is -2.05. The Hall–Kier alpha value is -1.77. The van der Waals surface area contributed by atoms with Crippen LogP contribution in [0.25, 0.3) is 10.8 Å². The Morgan fingerprint density at radius 2 is 2.14 bits per heavy atom. The predicted molar refractivity (Wildman–Crippen MR) is 57.8 cm³/mol. The fourth-order valence-corrected chi connectivity index (χ4v) is 1.46. The zero-order valence-electron chi connectivity index (χ0n) is 8.24. The van der Waals surface area contributed by atoms with Crippen LogP contribution in [0.3, 0.4) is 0 Å². The summed E-state index contributed by atoms with van der Waals surface area (Å²) in [5, 5.41) is 5.25. The zero-order valence-corrected chi connectivity index (χ0v) is 8.24. The molecule has 0 amide bonds. The van der Waals surface area contributed by atoms with Crippen LogP contribution in [0.2, 0.25) is 0 Å². The largest absolute Gasteiger partial charge is 0.481 e. The highest BCUT2D eigenvalue weighted by molar-refractivity contribution is 5.89. The van der Waals surface area contributed by atoms with Gasteiger partial charge in [-0.1, -0.05) is 6.07 Å². The Bertz CT molecular complexity index is 454. The molecule has 0 aliphatic carbocycles. The molecule has 0 bridgehead atoms. The van der Waals surface area contributed by atoms with E-state index in [9.17, 15) is 0 Å². The molecule has 0 saturated heterocycles. The molecule has 0 atom stereocenters. The number of pyridine rings is 1. The van der Waals surface area contributed by atoms with E-state index in [4.69, 9.17) is 4.74 Å². The van der Waals surface area contributed by atoms with Gasteiger partial charge >= 0.3 is 0 Å². The normalized spacial score (nSPS) is 10.1. The minimum absolute atomic E-state index is 0.666. The molecule has 3 heteroatoms. The first-order chi connectivity index (χ1) is 6.85. The highest BCUT2D eigenvalue weighted by Gasteiger charge is 2.02. The van der Waals surface area contributed by atoms with Crippen molar-refractivity contribution in [2.45, 2.75) is 0 Å². The monoisotopic (exact) mass is 188 g/mol. The Kier molecular flexibility index (Phi) is 2.23. The van der Waals surface area contributed by atoms with Crippen molar-refractivity contribution in [1.82, 2.24) is 4.98 Å². The molecule has 2 aromatic rings. The van der Waals surface area contributed by atoms with Gasteiger partial charge in [0.1, 0.15) is 0 Å². The number of anilines is 1. The molecular formula is C11H12N2O. The summed E-state index contributed by atoms with van der Waals surface area (Å²) in [4.78, 5) is 4.15. The second kappa shape index (κ2) is 3.54. The van der Waals surface area contributed by atoms with Crippen LogP contribution in [0.4, 0.5) is 5.69 Å². The molecule has 1 aromatic heterocycles. The van der Waals surface area contributed by atoms with Gasteiger partial charge in [-0.25, -0.2) is 4.98 Å². The average molecular weight is 188 g/mol. The van der Waals surface area contributed by atoms with Crippen LogP contribution in [-0.2, 0) is 0 Å². The van der Waals surface area contributed by atoms with Gasteiger partial charge in [-0.2, -0.15) is 0 Å². The lowest BCUT2D eigenvalue weighted by Crippen LogP contribution is -1.91. The minimum atomic E-state index is 0.666. The van der Waals surface area contributed by atoms with Crippen molar-refractivity contribution in [3.8, 4) is 5.88 Å². The molecule has 1 heterocycles. The van der Waals surface area contributed by atoms with Gasteiger partial charge < -0.3 is 10.1 Å². The van der Waals surface area contributed by atoms with Gasteiger partial charge in [-0.3, -0.25) is 0 Å². The smallest absolute Gasteiger partial charge is 0.221 e. The second-order valence-corrected chi connectivity index (χ2v) is 3.01. The van der Waals surface area contributed by atoms with Gasteiger partial charge in [0.15, 0.2) is 0 Å². The topological polar surface area (TPSA) is 34.2 Å². The number of rotatable bonds is 2. The summed E-state index contributed by atoms with van der Waals surface area (Å²) in [5.74, 6) is 0.666. The van der Waals surface area contributed by atoms with E-state index in [1.54, 1.807) is 13.3 Å². The molecule has 1 aromatic carbocycles. The Morgan fingerprint density at radius 3 is 2.86 bits per heavy atom. The van der Waals surface area contributed by atoms with Crippen LogP contribution < -0.4 is 10.1 Å². The molecule has 0 aliphatic heterocycles. The van der Waals surface area contributed by atoms with Crippen LogP contribution in [0.15, 0.2) is 30.5 Å². The number of benzene rings is 1. The quantitative estimate of drug-likeness (QED) is 0.785. The van der Waals surface area contributed by atoms with Crippen LogP contribution in [0.5, 0.6) is 5.88 Å². The SMILES string of the molecule is CNc1ccc2ccnc(OC)c2c1. The van der Waals surface area contributed by atoms with Gasteiger partial charge in [0.2, 0.25) is 5.88 Å². The Balaban J connectivity index is 2.70. The first-order valence-electron chi connectivity index (χ1n) is 4.45. The van der Waals surface area contributed by atoms with E-state index in [2.05, 4.69) is 10.3 Å². The number of nitrogens with one attached hydrogen (secondary N) is 1. The second-order valence-electron chi connectivity index (χ2n) is 3.01. The lowest BCUT2D eigenvalue weighted by molar-refractivity contribution is 0.403. The lowest BCUT2D eigenvalue weighted by atomic mass is 10.1. The molecule has 0 spiro atoms. The van der Waals surface area contributed by atoms with Gasteiger partial charge in [0.05, 0.1) is 7.11 Å². The molecule has 1 N–H and O–H groups in total. The van der Waals surface area contributed by atoms with Crippen molar-refractivity contribution in [1.29, 1.82) is 0 Å². The van der Waals surface area contributed by atoms with Crippen molar-refractivity contribution in [2.75, 3.05) is 19.5 Å². The number of methoxy groups -OCH3 is 1. The van der Waals surface area contributed by atoms with Crippen LogP contribution >= 0.6 is 0 Å². The van der Waals surface area contributed by atoms with Crippen LogP contribution in [0.1, 0.15) is 0 Å². The molecule has 3 nitrogen and oxygen atoms in total. The van der Waals surface area contributed by atoms with Gasteiger partial charge in [0.25, 0.3) is 0 Å². The summed E-state index contributed by atoms with van der Waals surface area (Å²) in [5.41, 5.74) is 1.06. The van der Waals surface area contributed by atoms with E-state index in [-0.39, 0.29) is 0 Å². The summed E-state index contributed by atoms with van der Waals surface area (Å²) >= 11 is 0. The van der Waals surface area contributed by atoms with Crippen molar-refractivity contribution >= 4 is 16.5 Å². The van der Waals surface area contributed by atoms with E-state index < -0.39 is 0 Å². The number of hydrogen-bond donors (Lipinski definition) is 1. The van der Waals surface area contributed by atoms with Crippen LogP contribution in [-0.4, -0.2) is 19.1 Å². The maximum absolute atomic E-state index is 5.19. The maximum Gasteiger partial charge on any atom is 0.221 e. The number of hydrogen-bond acceptors (Lipinski definition) is 3. The molecule has 0 radical (unpaired) electrons. The summed E-state index contributed by atoms with van der Waals surface area (Å²) in [6, 6.07) is 8.07. The third kappa shape index (κ3) is 1.37. The molecule has 0 saturated carbocycles. The standard InChI is InChI=1S/C11H12N2O/c1-12-9-4-3-8-5-6-13-11(14-2)10(8)7-9/h3-7,12H,1-2H3. The molecular weight excluding hydrogens is 176 g/mol. The molecule has 0 aliphatic rings. The first-order valence-corrected chi connectivity index (χ1v) is 4.45. The summed E-state index contributed by atoms with van der Waals surface area (Å²) in [6.07, 6.45) is 1.75. The molecule has 72 valence electrons. The zero-order chi connectivity index (χ0) is 9.97. The predicted octanol–water partition coefficient (Wildman–Crippen LogP) is 2.29. The van der Waals surface area contributed by atoms with E-state index in [0.717, 1.165) is 16.5 Å². The number of ether oxygens (including phenoxy) is 1. The third-order valence-electron chi connectivity index (χ3n) is 2.21. The minimum Gasteiger partial charge on any atom is -0.481 e. The fraction of sp³-hybridized carbons (Fsp3) is 0.182. The number of fused-ring (bicyclic) bond motifs is 1. The Morgan fingerprint density at radius 1 is 1.29 bits per heavy atom. The third-order valence-corrected chi connectivity index (χ3v) is 2.21. The van der Waals surface area contributed by atoms with E-state index in [0.29, 0.717) is 5.88 Å². The number of nitrogens with zero attached hydrogens (tertiary/aromatic N) is 1.